The lowest BCUT2D eigenvalue weighted by Gasteiger charge is -2.41. The Hall–Kier alpha value is -2.98. The molecule has 0 amide bonds. The molecule has 4 heterocycles. The van der Waals surface area contributed by atoms with E-state index in [2.05, 4.69) is 20.1 Å². The lowest BCUT2D eigenvalue weighted by atomic mass is 9.73. The minimum atomic E-state index is -2.60. The van der Waals surface area contributed by atoms with Crippen LogP contribution in [0.2, 0.25) is 0 Å². The van der Waals surface area contributed by atoms with Crippen LogP contribution in [-0.4, -0.2) is 41.1 Å². The first-order valence-electron chi connectivity index (χ1n) is 10.3. The molecule has 0 aliphatic heterocycles. The lowest BCUT2D eigenvalue weighted by Crippen LogP contribution is -2.56. The summed E-state index contributed by atoms with van der Waals surface area (Å²) in [6, 6.07) is 3.73. The number of halogens is 2. The molecule has 2 aliphatic carbocycles. The van der Waals surface area contributed by atoms with Gasteiger partial charge in [-0.05, 0) is 31.9 Å². The average Bonchev–Trinajstić information content (AvgIpc) is 3.23. The average molecular weight is 424 g/mol. The van der Waals surface area contributed by atoms with Gasteiger partial charge in [-0.15, -0.1) is 0 Å². The van der Waals surface area contributed by atoms with Crippen molar-refractivity contribution < 1.29 is 8.78 Å². The van der Waals surface area contributed by atoms with Crippen LogP contribution < -0.4 is 11.5 Å². The Morgan fingerprint density at radius 3 is 2.58 bits per heavy atom. The van der Waals surface area contributed by atoms with Gasteiger partial charge in [-0.25, -0.2) is 28.2 Å². The molecule has 10 heteroatoms. The number of pyridine rings is 1. The quantitative estimate of drug-likeness (QED) is 0.523. The maximum Gasteiger partial charge on any atom is 0.252 e. The molecule has 0 saturated heterocycles. The molecule has 2 saturated carbocycles. The third-order valence-corrected chi connectivity index (χ3v) is 6.58. The van der Waals surface area contributed by atoms with Crippen molar-refractivity contribution in [2.45, 2.75) is 56.2 Å². The first-order valence-corrected chi connectivity index (χ1v) is 10.3. The number of hydrogen-bond acceptors (Lipinski definition) is 6. The molecular formula is C21H22F2N8. The van der Waals surface area contributed by atoms with E-state index in [4.69, 9.17) is 11.5 Å². The normalized spacial score (nSPS) is 25.6. The van der Waals surface area contributed by atoms with Crippen LogP contribution >= 0.6 is 0 Å². The Bertz CT molecular complexity index is 1330. The maximum atomic E-state index is 13.5. The fraction of sp³-hybridized carbons (Fsp3) is 0.429. The monoisotopic (exact) mass is 424 g/mol. The number of hydrogen-bond donors (Lipinski definition) is 2. The number of imidazole rings is 1. The Kier molecular flexibility index (Phi) is 3.66. The van der Waals surface area contributed by atoms with Crippen LogP contribution in [0.3, 0.4) is 0 Å². The zero-order valence-corrected chi connectivity index (χ0v) is 17.0. The molecule has 4 aromatic rings. The van der Waals surface area contributed by atoms with Crippen molar-refractivity contribution in [1.82, 2.24) is 29.1 Å². The van der Waals surface area contributed by atoms with E-state index in [1.807, 2.05) is 29.8 Å². The minimum Gasteiger partial charge on any atom is -0.328 e. The first kappa shape index (κ1) is 18.8. The van der Waals surface area contributed by atoms with Crippen molar-refractivity contribution in [3.63, 3.8) is 0 Å². The number of alkyl halides is 2. The topological polar surface area (TPSA) is 113 Å². The van der Waals surface area contributed by atoms with Crippen LogP contribution in [0, 0.1) is 6.92 Å². The van der Waals surface area contributed by atoms with E-state index in [9.17, 15) is 8.78 Å². The molecule has 0 atom stereocenters. The lowest BCUT2D eigenvalue weighted by molar-refractivity contribution is -0.103. The second kappa shape index (κ2) is 6.04. The first-order chi connectivity index (χ1) is 14.7. The summed E-state index contributed by atoms with van der Waals surface area (Å²) in [7, 11) is 0. The molecule has 0 aromatic carbocycles. The van der Waals surface area contributed by atoms with Crippen molar-refractivity contribution in [1.29, 1.82) is 0 Å². The van der Waals surface area contributed by atoms with Gasteiger partial charge in [0.05, 0.1) is 22.8 Å². The third-order valence-electron chi connectivity index (χ3n) is 6.58. The second-order valence-corrected chi connectivity index (χ2v) is 8.98. The Morgan fingerprint density at radius 1 is 1.10 bits per heavy atom. The molecule has 4 aromatic heterocycles. The number of fused-ring (bicyclic) bond motifs is 2. The molecule has 2 aliphatic rings. The summed E-state index contributed by atoms with van der Waals surface area (Å²) >= 11 is 0. The molecule has 0 unspecified atom stereocenters. The van der Waals surface area contributed by atoms with Crippen molar-refractivity contribution in [2.75, 3.05) is 0 Å². The predicted molar refractivity (Wildman–Crippen MR) is 111 cm³/mol. The second-order valence-electron chi connectivity index (χ2n) is 8.98. The SMILES string of the molecule is Cc1nc2ncc(-c3ccn4nc(C5(N)CC(N)C5)ncc34)cc2n1C1CC(F)(F)C1. The fourth-order valence-electron chi connectivity index (χ4n) is 4.94. The molecule has 6 rings (SSSR count). The van der Waals surface area contributed by atoms with E-state index in [1.54, 1.807) is 16.9 Å². The molecule has 4 N–H and O–H groups in total. The number of aromatic nitrogens is 6. The highest BCUT2D eigenvalue weighted by molar-refractivity contribution is 5.85. The summed E-state index contributed by atoms with van der Waals surface area (Å²) in [6.07, 6.45) is 6.35. The highest BCUT2D eigenvalue weighted by Crippen LogP contribution is 2.47. The zero-order chi connectivity index (χ0) is 21.5. The summed E-state index contributed by atoms with van der Waals surface area (Å²) in [6.45, 7) is 1.83. The van der Waals surface area contributed by atoms with Crippen molar-refractivity contribution in [3.05, 3.63) is 42.4 Å². The highest BCUT2D eigenvalue weighted by Gasteiger charge is 2.47. The zero-order valence-electron chi connectivity index (χ0n) is 17.0. The molecule has 2 fully saturated rings. The van der Waals surface area contributed by atoms with E-state index in [0.29, 0.717) is 30.1 Å². The molecule has 160 valence electrons. The summed E-state index contributed by atoms with van der Waals surface area (Å²) in [5.74, 6) is -1.32. The van der Waals surface area contributed by atoms with Gasteiger partial charge in [0, 0.05) is 48.4 Å². The van der Waals surface area contributed by atoms with Gasteiger partial charge in [0.1, 0.15) is 5.82 Å². The Balaban J connectivity index is 1.41. The van der Waals surface area contributed by atoms with Gasteiger partial charge in [0.15, 0.2) is 11.5 Å². The van der Waals surface area contributed by atoms with Gasteiger partial charge in [-0.3, -0.25) is 0 Å². The highest BCUT2D eigenvalue weighted by atomic mass is 19.3. The van der Waals surface area contributed by atoms with Gasteiger partial charge < -0.3 is 16.0 Å². The smallest absolute Gasteiger partial charge is 0.252 e. The van der Waals surface area contributed by atoms with E-state index in [0.717, 1.165) is 22.2 Å². The van der Waals surface area contributed by atoms with Crippen molar-refractivity contribution >= 4 is 16.7 Å². The van der Waals surface area contributed by atoms with E-state index < -0.39 is 11.5 Å². The Labute approximate surface area is 176 Å². The Morgan fingerprint density at radius 2 is 1.87 bits per heavy atom. The largest absolute Gasteiger partial charge is 0.328 e. The standard InChI is InChI=1S/C21H22F2N8/c1-11-28-18-16(31(11)14-7-21(22,23)8-14)4-12(9-26-18)15-2-3-30-17(15)10-27-19(29-30)20(25)5-13(24)6-20/h2-4,9-10,13-14H,5-8,24-25H2,1H3. The third kappa shape index (κ3) is 2.78. The van der Waals surface area contributed by atoms with E-state index in [1.165, 1.54) is 0 Å². The van der Waals surface area contributed by atoms with Gasteiger partial charge in [-0.1, -0.05) is 0 Å². The molecule has 0 radical (unpaired) electrons. The van der Waals surface area contributed by atoms with Crippen molar-refractivity contribution in [3.8, 4) is 11.1 Å². The maximum absolute atomic E-state index is 13.5. The predicted octanol–water partition coefficient (Wildman–Crippen LogP) is 2.69. The van der Waals surface area contributed by atoms with Gasteiger partial charge in [0.2, 0.25) is 0 Å². The number of nitrogens with two attached hydrogens (primary N) is 2. The summed E-state index contributed by atoms with van der Waals surface area (Å²) < 4.78 is 30.6. The fourth-order valence-corrected chi connectivity index (χ4v) is 4.94. The van der Waals surface area contributed by atoms with E-state index >= 15 is 0 Å². The van der Waals surface area contributed by atoms with Crippen LogP contribution in [0.4, 0.5) is 8.78 Å². The molecule has 8 nitrogen and oxygen atoms in total. The van der Waals surface area contributed by atoms with Crippen LogP contribution in [-0.2, 0) is 5.54 Å². The van der Waals surface area contributed by atoms with Crippen LogP contribution in [0.1, 0.15) is 43.4 Å². The van der Waals surface area contributed by atoms with Gasteiger partial charge in [0.25, 0.3) is 5.92 Å². The molecule has 31 heavy (non-hydrogen) atoms. The summed E-state index contributed by atoms with van der Waals surface area (Å²) in [4.78, 5) is 13.5. The number of nitrogens with zero attached hydrogens (tertiary/aromatic N) is 6. The number of aryl methyl sites for hydroxylation is 1. The summed E-state index contributed by atoms with van der Waals surface area (Å²) in [5.41, 5.74) is 15.6. The molecule has 0 spiro atoms. The van der Waals surface area contributed by atoms with Gasteiger partial charge >= 0.3 is 0 Å². The number of rotatable bonds is 3. The van der Waals surface area contributed by atoms with Gasteiger partial charge in [-0.2, -0.15) is 5.10 Å². The minimum absolute atomic E-state index is 0.0891. The van der Waals surface area contributed by atoms with Crippen molar-refractivity contribution in [2.24, 2.45) is 11.5 Å². The molecule has 0 bridgehead atoms. The molecular weight excluding hydrogens is 402 g/mol. The van der Waals surface area contributed by atoms with Crippen LogP contribution in [0.25, 0.3) is 27.8 Å². The summed E-state index contributed by atoms with van der Waals surface area (Å²) in [5, 5.41) is 4.60. The van der Waals surface area contributed by atoms with Crippen LogP contribution in [0.5, 0.6) is 0 Å². The van der Waals surface area contributed by atoms with Crippen LogP contribution in [0.15, 0.2) is 30.7 Å². The van der Waals surface area contributed by atoms with E-state index in [-0.39, 0.29) is 24.9 Å².